The second kappa shape index (κ2) is 9.79. The van der Waals surface area contributed by atoms with Crippen molar-refractivity contribution in [2.24, 2.45) is 0 Å². The van der Waals surface area contributed by atoms with Gasteiger partial charge in [-0.25, -0.2) is 0 Å². The predicted molar refractivity (Wildman–Crippen MR) is 119 cm³/mol. The van der Waals surface area contributed by atoms with E-state index in [1.165, 1.54) is 29.2 Å². The largest absolute Gasteiger partial charge is 0.481 e. The van der Waals surface area contributed by atoms with E-state index >= 15 is 0 Å². The number of thioether (sulfide) groups is 1. The van der Waals surface area contributed by atoms with Crippen LogP contribution in [0.1, 0.15) is 29.5 Å². The molecule has 0 bridgehead atoms. The number of carbonyl (C=O) groups excluding carboxylic acids is 1. The lowest BCUT2D eigenvalue weighted by Gasteiger charge is -2.14. The van der Waals surface area contributed by atoms with Gasteiger partial charge < -0.3 is 5.11 Å². The van der Waals surface area contributed by atoms with Crippen LogP contribution in [-0.4, -0.2) is 32.7 Å². The average molecular weight is 519 g/mol. The number of carboxylic acids is 1. The standard InChI is InChI=1S/C22H15F6NO3S2/c23-21(24,25)15-9-14(10-16(11-15)22(26,27)28)13-4-1-3-12(7-13)8-17-19(32)29(20(33)34-17)6-2-5-18(30)31/h1,3-4,7-11H,2,5-6H2,(H,30,31)/b17-8-. The van der Waals surface area contributed by atoms with Gasteiger partial charge in [-0.3, -0.25) is 14.5 Å². The van der Waals surface area contributed by atoms with E-state index in [0.717, 1.165) is 11.8 Å². The molecule has 1 N–H and O–H groups in total. The molecule has 4 nitrogen and oxygen atoms in total. The van der Waals surface area contributed by atoms with Gasteiger partial charge in [0.2, 0.25) is 0 Å². The minimum Gasteiger partial charge on any atom is -0.481 e. The van der Waals surface area contributed by atoms with Gasteiger partial charge in [0, 0.05) is 13.0 Å². The molecule has 0 radical (unpaired) electrons. The smallest absolute Gasteiger partial charge is 0.416 e. The number of nitrogens with zero attached hydrogens (tertiary/aromatic N) is 1. The summed E-state index contributed by atoms with van der Waals surface area (Å²) in [7, 11) is 0. The molecule has 2 aromatic carbocycles. The van der Waals surface area contributed by atoms with E-state index < -0.39 is 35.4 Å². The fraction of sp³-hybridized carbons (Fsp3) is 0.227. The highest BCUT2D eigenvalue weighted by atomic mass is 32.2. The topological polar surface area (TPSA) is 57.6 Å². The Hall–Kier alpha value is -2.86. The van der Waals surface area contributed by atoms with Crippen molar-refractivity contribution in [2.45, 2.75) is 25.2 Å². The van der Waals surface area contributed by atoms with Crippen LogP contribution in [0, 0.1) is 0 Å². The number of alkyl halides is 6. The summed E-state index contributed by atoms with van der Waals surface area (Å²) in [6.45, 7) is 0.110. The average Bonchev–Trinajstić information content (AvgIpc) is 2.99. The maximum Gasteiger partial charge on any atom is 0.416 e. The van der Waals surface area contributed by atoms with E-state index in [0.29, 0.717) is 17.7 Å². The highest BCUT2D eigenvalue weighted by Crippen LogP contribution is 2.39. The Morgan fingerprint density at radius 2 is 1.62 bits per heavy atom. The van der Waals surface area contributed by atoms with Crippen LogP contribution in [0.25, 0.3) is 17.2 Å². The third-order valence-electron chi connectivity index (χ3n) is 4.75. The minimum atomic E-state index is -4.97. The monoisotopic (exact) mass is 519 g/mol. The lowest BCUT2D eigenvalue weighted by atomic mass is 9.97. The van der Waals surface area contributed by atoms with Crippen LogP contribution < -0.4 is 0 Å². The predicted octanol–water partition coefficient (Wildman–Crippen LogP) is 6.46. The normalized spacial score (nSPS) is 15.9. The van der Waals surface area contributed by atoms with Crippen LogP contribution in [0.3, 0.4) is 0 Å². The molecule has 2 aromatic rings. The van der Waals surface area contributed by atoms with Crippen molar-refractivity contribution < 1.29 is 41.0 Å². The van der Waals surface area contributed by atoms with Gasteiger partial charge in [-0.15, -0.1) is 0 Å². The first-order valence-electron chi connectivity index (χ1n) is 9.63. The number of thiocarbonyl (C=S) groups is 1. The Morgan fingerprint density at radius 1 is 1.00 bits per heavy atom. The van der Waals surface area contributed by atoms with Crippen molar-refractivity contribution in [1.82, 2.24) is 4.90 Å². The maximum absolute atomic E-state index is 13.2. The molecule has 1 aliphatic heterocycles. The summed E-state index contributed by atoms with van der Waals surface area (Å²) in [6.07, 6.45) is -8.46. The van der Waals surface area contributed by atoms with Gasteiger partial charge in [0.05, 0.1) is 16.0 Å². The van der Waals surface area contributed by atoms with E-state index in [9.17, 15) is 35.9 Å². The Kier molecular flexibility index (Phi) is 7.41. The van der Waals surface area contributed by atoms with Crippen molar-refractivity contribution >= 4 is 46.3 Å². The first-order chi connectivity index (χ1) is 15.8. The number of hydrogen-bond acceptors (Lipinski definition) is 4. The molecule has 0 spiro atoms. The van der Waals surface area contributed by atoms with Crippen LogP contribution >= 0.6 is 24.0 Å². The summed E-state index contributed by atoms with van der Waals surface area (Å²) in [5.74, 6) is -1.47. The Labute approximate surface area is 199 Å². The molecule has 180 valence electrons. The van der Waals surface area contributed by atoms with Gasteiger partial charge in [-0.2, -0.15) is 26.3 Å². The van der Waals surface area contributed by atoms with Crippen molar-refractivity contribution in [2.75, 3.05) is 6.54 Å². The third-order valence-corrected chi connectivity index (χ3v) is 6.13. The van der Waals surface area contributed by atoms with E-state index in [2.05, 4.69) is 0 Å². The molecule has 0 aliphatic carbocycles. The van der Waals surface area contributed by atoms with E-state index in [4.69, 9.17) is 17.3 Å². The summed E-state index contributed by atoms with van der Waals surface area (Å²) in [6, 6.07) is 7.05. The Bertz CT molecular complexity index is 1140. The summed E-state index contributed by atoms with van der Waals surface area (Å²) in [5.41, 5.74) is -2.66. The number of carbonyl (C=O) groups is 2. The van der Waals surface area contributed by atoms with Gasteiger partial charge in [-0.1, -0.05) is 42.2 Å². The van der Waals surface area contributed by atoms with Crippen molar-refractivity contribution in [3.05, 3.63) is 64.1 Å². The summed E-state index contributed by atoms with van der Waals surface area (Å²) in [4.78, 5) is 24.7. The summed E-state index contributed by atoms with van der Waals surface area (Å²) < 4.78 is 79.3. The second-order valence-electron chi connectivity index (χ2n) is 7.25. The fourth-order valence-corrected chi connectivity index (χ4v) is 4.47. The first kappa shape index (κ1) is 25.8. The molecule has 1 heterocycles. The molecule has 1 amide bonds. The zero-order valence-electron chi connectivity index (χ0n) is 17.0. The molecule has 0 saturated carbocycles. The van der Waals surface area contributed by atoms with Crippen molar-refractivity contribution in [3.8, 4) is 11.1 Å². The highest BCUT2D eigenvalue weighted by Gasteiger charge is 2.37. The van der Waals surface area contributed by atoms with Gasteiger partial charge >= 0.3 is 18.3 Å². The molecular weight excluding hydrogens is 504 g/mol. The summed E-state index contributed by atoms with van der Waals surface area (Å²) >= 11 is 6.13. The number of carboxylic acid groups (broad SMARTS) is 1. The van der Waals surface area contributed by atoms with Gasteiger partial charge in [-0.05, 0) is 53.5 Å². The van der Waals surface area contributed by atoms with Crippen LogP contribution in [0.15, 0.2) is 47.4 Å². The molecule has 34 heavy (non-hydrogen) atoms. The molecule has 1 aliphatic rings. The molecule has 1 saturated heterocycles. The zero-order chi connectivity index (χ0) is 25.3. The second-order valence-corrected chi connectivity index (χ2v) is 8.93. The van der Waals surface area contributed by atoms with Gasteiger partial charge in [0.1, 0.15) is 4.32 Å². The number of hydrogen-bond donors (Lipinski definition) is 1. The Balaban J connectivity index is 1.93. The minimum absolute atomic E-state index is 0.0586. The SMILES string of the molecule is O=C(O)CCCN1C(=O)/C(=C/c2cccc(-c3cc(C(F)(F)F)cc(C(F)(F)F)c3)c2)SC1=S. The molecular formula is C22H15F6NO3S2. The molecule has 1 fully saturated rings. The first-order valence-corrected chi connectivity index (χ1v) is 10.9. The van der Waals surface area contributed by atoms with Crippen LogP contribution in [-0.2, 0) is 21.9 Å². The third kappa shape index (κ3) is 6.17. The van der Waals surface area contributed by atoms with Crippen molar-refractivity contribution in [1.29, 1.82) is 0 Å². The zero-order valence-corrected chi connectivity index (χ0v) is 18.7. The molecule has 0 aromatic heterocycles. The van der Waals surface area contributed by atoms with Crippen molar-refractivity contribution in [3.63, 3.8) is 0 Å². The quantitative estimate of drug-likeness (QED) is 0.270. The number of amides is 1. The number of benzene rings is 2. The number of aliphatic carboxylic acids is 1. The van der Waals surface area contributed by atoms with Crippen LogP contribution in [0.2, 0.25) is 0 Å². The number of rotatable bonds is 6. The highest BCUT2D eigenvalue weighted by molar-refractivity contribution is 8.26. The lowest BCUT2D eigenvalue weighted by molar-refractivity contribution is -0.143. The van der Waals surface area contributed by atoms with E-state index in [1.807, 2.05) is 0 Å². The molecule has 3 rings (SSSR count). The molecule has 0 unspecified atom stereocenters. The fourth-order valence-electron chi connectivity index (χ4n) is 3.16. The van der Waals surface area contributed by atoms with E-state index in [1.54, 1.807) is 6.07 Å². The van der Waals surface area contributed by atoms with Gasteiger partial charge in [0.25, 0.3) is 5.91 Å². The van der Waals surface area contributed by atoms with Crippen LogP contribution in [0.4, 0.5) is 26.3 Å². The lowest BCUT2D eigenvalue weighted by Crippen LogP contribution is -2.29. The molecule has 12 heteroatoms. The number of halogens is 6. The van der Waals surface area contributed by atoms with Gasteiger partial charge in [0.15, 0.2) is 0 Å². The van der Waals surface area contributed by atoms with E-state index in [-0.39, 0.29) is 45.8 Å². The maximum atomic E-state index is 13.2. The van der Waals surface area contributed by atoms with Crippen LogP contribution in [0.5, 0.6) is 0 Å². The Morgan fingerprint density at radius 3 is 2.18 bits per heavy atom. The molecule has 0 atom stereocenters. The summed E-state index contributed by atoms with van der Waals surface area (Å²) in [5, 5.41) is 8.73.